The van der Waals surface area contributed by atoms with Crippen LogP contribution in [0, 0.1) is 0 Å². The van der Waals surface area contributed by atoms with E-state index in [9.17, 15) is 14.7 Å². The number of piperazine rings is 1. The molecule has 8 nitrogen and oxygen atoms in total. The molecule has 2 aromatic carbocycles. The Kier molecular flexibility index (Phi) is 6.31. The van der Waals surface area contributed by atoms with Crippen molar-refractivity contribution in [3.8, 4) is 10.4 Å². The topological polar surface area (TPSA) is 113 Å². The highest BCUT2D eigenvalue weighted by Crippen LogP contribution is 2.40. The molecule has 0 spiro atoms. The number of carbonyl (C=O) groups is 2. The number of nitrogens with two attached hydrogens (primary N) is 1. The standard InChI is InChI=1S/C29H29N5O3S/c30-29(18-36,22-4-2-1-3-5-22)26-25-23(31-19-32-26)16-24(38-25)20-6-8-21(9-7-20)27(37)33-12-14-34(15-13-33)28(17-35)10-11-28/h1-9,16-17,19,36H,10-15,18,30H2/t29-/m0/s1. The number of benzene rings is 2. The van der Waals surface area contributed by atoms with Crippen LogP contribution in [0.25, 0.3) is 20.7 Å². The van der Waals surface area contributed by atoms with Crippen LogP contribution < -0.4 is 5.73 Å². The van der Waals surface area contributed by atoms with E-state index in [2.05, 4.69) is 14.9 Å². The number of rotatable bonds is 7. The zero-order valence-electron chi connectivity index (χ0n) is 20.9. The molecular formula is C29H29N5O3S. The highest BCUT2D eigenvalue weighted by Gasteiger charge is 2.48. The molecule has 2 fully saturated rings. The van der Waals surface area contributed by atoms with Crippen LogP contribution in [0.1, 0.15) is 34.5 Å². The molecule has 1 aliphatic heterocycles. The first-order valence-electron chi connectivity index (χ1n) is 12.8. The molecule has 1 saturated heterocycles. The minimum atomic E-state index is -1.16. The van der Waals surface area contributed by atoms with Crippen molar-refractivity contribution in [3.63, 3.8) is 0 Å². The van der Waals surface area contributed by atoms with Gasteiger partial charge in [0.1, 0.15) is 18.2 Å². The molecule has 194 valence electrons. The number of amides is 1. The predicted octanol–water partition coefficient (Wildman–Crippen LogP) is 3.04. The normalized spacial score (nSPS) is 18.7. The van der Waals surface area contributed by atoms with Crippen molar-refractivity contribution in [2.45, 2.75) is 23.9 Å². The maximum Gasteiger partial charge on any atom is 0.253 e. The summed E-state index contributed by atoms with van der Waals surface area (Å²) in [6.07, 6.45) is 4.41. The Morgan fingerprint density at radius 1 is 1.05 bits per heavy atom. The fourth-order valence-corrected chi connectivity index (χ4v) is 6.50. The molecule has 1 aliphatic carbocycles. The molecule has 1 saturated carbocycles. The van der Waals surface area contributed by atoms with E-state index in [0.29, 0.717) is 24.3 Å². The Bertz CT molecular complexity index is 1480. The molecule has 3 heterocycles. The van der Waals surface area contributed by atoms with Crippen LogP contribution in [-0.2, 0) is 10.3 Å². The summed E-state index contributed by atoms with van der Waals surface area (Å²) in [7, 11) is 0. The van der Waals surface area contributed by atoms with Gasteiger partial charge < -0.3 is 20.5 Å². The van der Waals surface area contributed by atoms with Gasteiger partial charge in [-0.25, -0.2) is 9.97 Å². The fraction of sp³-hybridized carbons (Fsp3) is 0.310. The van der Waals surface area contributed by atoms with E-state index in [0.717, 1.165) is 58.4 Å². The Morgan fingerprint density at radius 2 is 1.76 bits per heavy atom. The van der Waals surface area contributed by atoms with Crippen LogP contribution in [0.5, 0.6) is 0 Å². The van der Waals surface area contributed by atoms with Gasteiger partial charge in [0, 0.05) is 36.6 Å². The Balaban J connectivity index is 1.22. The lowest BCUT2D eigenvalue weighted by Crippen LogP contribution is -2.53. The van der Waals surface area contributed by atoms with Gasteiger partial charge in [0.05, 0.1) is 28.1 Å². The summed E-state index contributed by atoms with van der Waals surface area (Å²) < 4.78 is 0.824. The number of fused-ring (bicyclic) bond motifs is 1. The predicted molar refractivity (Wildman–Crippen MR) is 147 cm³/mol. The molecule has 38 heavy (non-hydrogen) atoms. The zero-order valence-corrected chi connectivity index (χ0v) is 21.7. The van der Waals surface area contributed by atoms with E-state index < -0.39 is 5.54 Å². The summed E-state index contributed by atoms with van der Waals surface area (Å²) in [5.74, 6) is 0.00960. The third kappa shape index (κ3) is 4.21. The molecule has 4 aromatic rings. The quantitative estimate of drug-likeness (QED) is 0.355. The Morgan fingerprint density at radius 3 is 2.39 bits per heavy atom. The van der Waals surface area contributed by atoms with Gasteiger partial charge in [0.15, 0.2) is 0 Å². The van der Waals surface area contributed by atoms with Gasteiger partial charge in [-0.2, -0.15) is 0 Å². The van der Waals surface area contributed by atoms with Crippen molar-refractivity contribution in [2.24, 2.45) is 5.73 Å². The second kappa shape index (κ2) is 9.67. The minimum absolute atomic E-state index is 0.00960. The lowest BCUT2D eigenvalue weighted by Gasteiger charge is -2.37. The number of aliphatic hydroxyl groups is 1. The third-order valence-corrected chi connectivity index (χ3v) is 9.05. The zero-order chi connectivity index (χ0) is 26.3. The van der Waals surface area contributed by atoms with E-state index in [4.69, 9.17) is 5.73 Å². The van der Waals surface area contributed by atoms with Crippen LogP contribution in [0.4, 0.5) is 0 Å². The van der Waals surface area contributed by atoms with Gasteiger partial charge in [-0.15, -0.1) is 11.3 Å². The number of carbonyl (C=O) groups excluding carboxylic acids is 2. The first-order chi connectivity index (χ1) is 18.5. The fourth-order valence-electron chi connectivity index (χ4n) is 5.30. The lowest BCUT2D eigenvalue weighted by molar-refractivity contribution is -0.114. The van der Waals surface area contributed by atoms with Crippen LogP contribution in [-0.4, -0.2) is 75.4 Å². The summed E-state index contributed by atoms with van der Waals surface area (Å²) in [6.45, 7) is 2.42. The number of nitrogens with zero attached hydrogens (tertiary/aromatic N) is 4. The summed E-state index contributed by atoms with van der Waals surface area (Å²) >= 11 is 1.52. The Hall–Kier alpha value is -3.50. The molecule has 9 heteroatoms. The van der Waals surface area contributed by atoms with Crippen molar-refractivity contribution in [2.75, 3.05) is 32.8 Å². The van der Waals surface area contributed by atoms with Crippen molar-refractivity contribution in [1.82, 2.24) is 19.8 Å². The SMILES string of the molecule is N[C@@](CO)(c1ccccc1)c1ncnc2cc(-c3ccc(C(=O)N4CCN(C5(C=O)CC5)CC4)cc3)sc12. The van der Waals surface area contributed by atoms with Crippen molar-refractivity contribution in [1.29, 1.82) is 0 Å². The van der Waals surface area contributed by atoms with Crippen LogP contribution >= 0.6 is 11.3 Å². The lowest BCUT2D eigenvalue weighted by atomic mass is 9.88. The van der Waals surface area contributed by atoms with E-state index >= 15 is 0 Å². The largest absolute Gasteiger partial charge is 0.394 e. The van der Waals surface area contributed by atoms with Crippen LogP contribution in [0.3, 0.4) is 0 Å². The molecular weight excluding hydrogens is 498 g/mol. The minimum Gasteiger partial charge on any atom is -0.394 e. The number of aldehydes is 1. The molecule has 2 aliphatic rings. The van der Waals surface area contributed by atoms with E-state index in [1.165, 1.54) is 17.7 Å². The molecule has 0 bridgehead atoms. The molecule has 6 rings (SSSR count). The number of aromatic nitrogens is 2. The first kappa shape index (κ1) is 24.8. The van der Waals surface area contributed by atoms with Crippen LogP contribution in [0.2, 0.25) is 0 Å². The van der Waals surface area contributed by atoms with Gasteiger partial charge in [0.25, 0.3) is 5.91 Å². The molecule has 1 atom stereocenters. The third-order valence-electron chi connectivity index (χ3n) is 7.87. The van der Waals surface area contributed by atoms with Crippen LogP contribution in [0.15, 0.2) is 67.0 Å². The van der Waals surface area contributed by atoms with Gasteiger partial charge in [-0.3, -0.25) is 9.69 Å². The van der Waals surface area contributed by atoms with Gasteiger partial charge >= 0.3 is 0 Å². The summed E-state index contributed by atoms with van der Waals surface area (Å²) in [5.41, 5.74) is 9.03. The Labute approximate surface area is 224 Å². The van der Waals surface area contributed by atoms with Gasteiger partial charge in [0.2, 0.25) is 0 Å². The summed E-state index contributed by atoms with van der Waals surface area (Å²) in [5, 5.41) is 10.3. The molecule has 1 amide bonds. The van der Waals surface area contributed by atoms with E-state index in [1.807, 2.05) is 65.6 Å². The van der Waals surface area contributed by atoms with Gasteiger partial charge in [-0.1, -0.05) is 42.5 Å². The maximum absolute atomic E-state index is 13.1. The summed E-state index contributed by atoms with van der Waals surface area (Å²) in [6, 6.07) is 19.1. The molecule has 0 radical (unpaired) electrons. The second-order valence-electron chi connectivity index (χ2n) is 10.1. The average molecular weight is 528 g/mol. The highest BCUT2D eigenvalue weighted by molar-refractivity contribution is 7.22. The average Bonchev–Trinajstić information content (AvgIpc) is 3.67. The number of hydrogen-bond donors (Lipinski definition) is 2. The van der Waals surface area contributed by atoms with E-state index in [-0.39, 0.29) is 18.1 Å². The maximum atomic E-state index is 13.1. The summed E-state index contributed by atoms with van der Waals surface area (Å²) in [4.78, 5) is 38.6. The van der Waals surface area contributed by atoms with Gasteiger partial charge in [-0.05, 0) is 42.2 Å². The van der Waals surface area contributed by atoms with E-state index in [1.54, 1.807) is 0 Å². The van der Waals surface area contributed by atoms with Crippen molar-refractivity contribution in [3.05, 3.63) is 83.8 Å². The van der Waals surface area contributed by atoms with Crippen molar-refractivity contribution >= 4 is 33.7 Å². The molecule has 3 N–H and O–H groups in total. The molecule has 2 aromatic heterocycles. The number of aliphatic hydroxyl groups excluding tert-OH is 1. The van der Waals surface area contributed by atoms with Crippen molar-refractivity contribution < 1.29 is 14.7 Å². The number of thiophene rings is 1. The number of hydrogen-bond acceptors (Lipinski definition) is 8. The second-order valence-corrected chi connectivity index (χ2v) is 11.2. The first-order valence-corrected chi connectivity index (χ1v) is 13.6. The molecule has 0 unspecified atom stereocenters. The smallest absolute Gasteiger partial charge is 0.253 e. The monoisotopic (exact) mass is 527 g/mol. The highest BCUT2D eigenvalue weighted by atomic mass is 32.1.